The van der Waals surface area contributed by atoms with E-state index >= 15 is 0 Å². The molecule has 0 aliphatic rings. The Morgan fingerprint density at radius 2 is 0.759 bits per heavy atom. The van der Waals surface area contributed by atoms with Crippen LogP contribution >= 0.6 is 0 Å². The molecule has 9 aromatic carbocycles. The van der Waals surface area contributed by atoms with Gasteiger partial charge in [-0.05, 0) is 80.6 Å². The van der Waals surface area contributed by atoms with Crippen LogP contribution in [0, 0.1) is 0 Å². The quantitative estimate of drug-likeness (QED) is 0.166. The Balaban J connectivity index is 1.16. The van der Waals surface area contributed by atoms with Gasteiger partial charge in [-0.15, -0.1) is 0 Å². The predicted octanol–water partition coefficient (Wildman–Crippen LogP) is 14.9. The van der Waals surface area contributed by atoms with Gasteiger partial charge in [-0.25, -0.2) is 0 Å². The summed E-state index contributed by atoms with van der Waals surface area (Å²) in [6, 6.07) is 75.9. The Kier molecular flexibility index (Phi) is 7.85. The zero-order chi connectivity index (χ0) is 35.8. The Morgan fingerprint density at radius 1 is 0.296 bits per heavy atom. The molecule has 2 nitrogen and oxygen atoms in total. The van der Waals surface area contributed by atoms with E-state index in [2.05, 4.69) is 211 Å². The monoisotopic (exact) mass is 689 g/mol. The molecule has 0 unspecified atom stereocenters. The van der Waals surface area contributed by atoms with Crippen LogP contribution in [-0.4, -0.2) is 0 Å². The maximum absolute atomic E-state index is 6.38. The average Bonchev–Trinajstić information content (AvgIpc) is 3.64. The normalized spacial score (nSPS) is 11.3. The lowest BCUT2D eigenvalue weighted by Gasteiger charge is -2.30. The fraction of sp³-hybridized carbons (Fsp3) is 0. The molecule has 1 aromatic heterocycles. The highest BCUT2D eigenvalue weighted by molar-refractivity contribution is 6.14. The van der Waals surface area contributed by atoms with Crippen LogP contribution in [0.3, 0.4) is 0 Å². The molecule has 0 aliphatic carbocycles. The molecular formula is C52H35NO. The molecule has 0 saturated carbocycles. The molecular weight excluding hydrogens is 655 g/mol. The second-order valence-corrected chi connectivity index (χ2v) is 13.7. The Labute approximate surface area is 314 Å². The highest BCUT2D eigenvalue weighted by atomic mass is 16.3. The topological polar surface area (TPSA) is 16.4 Å². The van der Waals surface area contributed by atoms with Gasteiger partial charge in [0, 0.05) is 27.6 Å². The van der Waals surface area contributed by atoms with Crippen molar-refractivity contribution in [3.8, 4) is 44.5 Å². The third-order valence-electron chi connectivity index (χ3n) is 10.5. The lowest BCUT2D eigenvalue weighted by atomic mass is 9.94. The third kappa shape index (κ3) is 5.53. The first kappa shape index (κ1) is 31.6. The molecule has 0 aliphatic heterocycles. The van der Waals surface area contributed by atoms with Crippen LogP contribution in [0.15, 0.2) is 217 Å². The third-order valence-corrected chi connectivity index (χ3v) is 10.5. The Bertz CT molecular complexity index is 2920. The van der Waals surface area contributed by atoms with Crippen LogP contribution in [0.2, 0.25) is 0 Å². The summed E-state index contributed by atoms with van der Waals surface area (Å²) in [5, 5.41) is 4.68. The summed E-state index contributed by atoms with van der Waals surface area (Å²) in [6.07, 6.45) is 0. The van der Waals surface area contributed by atoms with Gasteiger partial charge in [0.1, 0.15) is 11.2 Å². The van der Waals surface area contributed by atoms with Crippen molar-refractivity contribution < 1.29 is 4.42 Å². The highest BCUT2D eigenvalue weighted by Gasteiger charge is 2.23. The van der Waals surface area contributed by atoms with Gasteiger partial charge in [0.15, 0.2) is 0 Å². The lowest BCUT2D eigenvalue weighted by molar-refractivity contribution is 0.669. The van der Waals surface area contributed by atoms with Crippen LogP contribution < -0.4 is 4.90 Å². The maximum atomic E-state index is 6.38. The largest absolute Gasteiger partial charge is 0.456 e. The fourth-order valence-corrected chi connectivity index (χ4v) is 7.95. The summed E-state index contributed by atoms with van der Waals surface area (Å²) in [5.74, 6) is 0. The first-order chi connectivity index (χ1) is 26.8. The zero-order valence-corrected chi connectivity index (χ0v) is 29.6. The zero-order valence-electron chi connectivity index (χ0n) is 29.6. The molecule has 0 atom stereocenters. The van der Waals surface area contributed by atoms with Gasteiger partial charge in [0.25, 0.3) is 0 Å². The van der Waals surface area contributed by atoms with Gasteiger partial charge >= 0.3 is 0 Å². The van der Waals surface area contributed by atoms with Crippen LogP contribution in [0.1, 0.15) is 0 Å². The summed E-state index contributed by atoms with van der Waals surface area (Å²) in [4.78, 5) is 2.43. The molecule has 0 radical (unpaired) electrons. The molecule has 54 heavy (non-hydrogen) atoms. The lowest BCUT2D eigenvalue weighted by Crippen LogP contribution is -2.12. The van der Waals surface area contributed by atoms with E-state index in [1.165, 1.54) is 38.6 Å². The first-order valence-electron chi connectivity index (χ1n) is 18.4. The first-order valence-corrected chi connectivity index (χ1v) is 18.4. The van der Waals surface area contributed by atoms with E-state index < -0.39 is 0 Å². The minimum absolute atomic E-state index is 0.883. The van der Waals surface area contributed by atoms with E-state index in [1.54, 1.807) is 0 Å². The molecule has 0 bridgehead atoms. The number of furan rings is 1. The van der Waals surface area contributed by atoms with Crippen molar-refractivity contribution in [1.82, 2.24) is 0 Å². The van der Waals surface area contributed by atoms with Crippen LogP contribution in [0.4, 0.5) is 17.1 Å². The molecule has 0 amide bonds. The van der Waals surface area contributed by atoms with Crippen molar-refractivity contribution in [3.63, 3.8) is 0 Å². The number of hydrogen-bond donors (Lipinski definition) is 0. The van der Waals surface area contributed by atoms with Crippen molar-refractivity contribution in [1.29, 1.82) is 0 Å². The molecule has 10 aromatic rings. The van der Waals surface area contributed by atoms with E-state index in [0.29, 0.717) is 0 Å². The van der Waals surface area contributed by atoms with Gasteiger partial charge < -0.3 is 9.32 Å². The molecule has 254 valence electrons. The summed E-state index contributed by atoms with van der Waals surface area (Å²) in [5.41, 5.74) is 14.4. The van der Waals surface area contributed by atoms with E-state index in [9.17, 15) is 0 Å². The van der Waals surface area contributed by atoms with Crippen molar-refractivity contribution in [2.45, 2.75) is 0 Å². The van der Waals surface area contributed by atoms with Gasteiger partial charge in [-0.2, -0.15) is 0 Å². The number of rotatable bonds is 7. The van der Waals surface area contributed by atoms with E-state index in [0.717, 1.165) is 55.7 Å². The summed E-state index contributed by atoms with van der Waals surface area (Å²) in [6.45, 7) is 0. The molecule has 0 N–H and O–H groups in total. The second kappa shape index (κ2) is 13.4. The Hall–Kier alpha value is -7.16. The molecule has 0 fully saturated rings. The fourth-order valence-electron chi connectivity index (χ4n) is 7.95. The predicted molar refractivity (Wildman–Crippen MR) is 228 cm³/mol. The standard InChI is InChI=1S/C52H35NO/c1-2-14-36(15-3-1)37-28-30-38(31-29-37)39-32-34-41(35-33-39)53(48-24-9-6-19-44(48)43-22-12-17-40-16-4-5-18-42(40)43)49-25-10-7-20-45(49)46-23-13-27-51-52(46)47-21-8-11-26-50(47)54-51/h1-35H. The minimum Gasteiger partial charge on any atom is -0.456 e. The maximum Gasteiger partial charge on any atom is 0.136 e. The molecule has 10 rings (SSSR count). The van der Waals surface area contributed by atoms with E-state index in [-0.39, 0.29) is 0 Å². The van der Waals surface area contributed by atoms with Gasteiger partial charge in [-0.1, -0.05) is 176 Å². The molecule has 2 heteroatoms. The van der Waals surface area contributed by atoms with Crippen molar-refractivity contribution in [2.75, 3.05) is 4.90 Å². The number of hydrogen-bond acceptors (Lipinski definition) is 2. The summed E-state index contributed by atoms with van der Waals surface area (Å²) >= 11 is 0. The minimum atomic E-state index is 0.883. The van der Waals surface area contributed by atoms with E-state index in [4.69, 9.17) is 4.42 Å². The van der Waals surface area contributed by atoms with Crippen molar-refractivity contribution in [2.24, 2.45) is 0 Å². The summed E-state index contributed by atoms with van der Waals surface area (Å²) in [7, 11) is 0. The number of benzene rings is 9. The number of fused-ring (bicyclic) bond motifs is 4. The number of anilines is 3. The van der Waals surface area contributed by atoms with Crippen LogP contribution in [-0.2, 0) is 0 Å². The molecule has 1 heterocycles. The average molecular weight is 690 g/mol. The molecule has 0 spiro atoms. The van der Waals surface area contributed by atoms with Gasteiger partial charge in [-0.3, -0.25) is 0 Å². The van der Waals surface area contributed by atoms with Crippen molar-refractivity contribution >= 4 is 49.8 Å². The second-order valence-electron chi connectivity index (χ2n) is 13.7. The Morgan fingerprint density at radius 3 is 1.48 bits per heavy atom. The van der Waals surface area contributed by atoms with Crippen molar-refractivity contribution in [3.05, 3.63) is 212 Å². The van der Waals surface area contributed by atoms with Crippen LogP contribution in [0.25, 0.3) is 77.2 Å². The van der Waals surface area contributed by atoms with Gasteiger partial charge in [0.2, 0.25) is 0 Å². The highest BCUT2D eigenvalue weighted by Crippen LogP contribution is 2.48. The van der Waals surface area contributed by atoms with Gasteiger partial charge in [0.05, 0.1) is 11.4 Å². The SMILES string of the molecule is c1ccc(-c2ccc(-c3ccc(N(c4ccccc4-c4cccc5ccccc45)c4ccccc4-c4cccc5oc6ccccc6c45)cc3)cc2)cc1. The smallest absolute Gasteiger partial charge is 0.136 e. The number of para-hydroxylation sites is 3. The van der Waals surface area contributed by atoms with E-state index in [1.807, 2.05) is 6.07 Å². The molecule has 0 saturated heterocycles. The number of nitrogens with zero attached hydrogens (tertiary/aromatic N) is 1. The summed E-state index contributed by atoms with van der Waals surface area (Å²) < 4.78 is 6.38. The van der Waals surface area contributed by atoms with Crippen LogP contribution in [0.5, 0.6) is 0 Å².